The van der Waals surface area contributed by atoms with Gasteiger partial charge in [0.05, 0.1) is 5.92 Å². The van der Waals surface area contributed by atoms with Crippen molar-refractivity contribution in [2.24, 2.45) is 5.92 Å². The molecule has 0 saturated carbocycles. The van der Waals surface area contributed by atoms with Crippen LogP contribution in [0.3, 0.4) is 0 Å². The molecular weight excluding hydrogens is 179 g/mol. The highest BCUT2D eigenvalue weighted by Crippen LogP contribution is 2.28. The number of halogens is 3. The van der Waals surface area contributed by atoms with Crippen molar-refractivity contribution in [2.45, 2.75) is 19.5 Å². The topological polar surface area (TPSA) is 60.8 Å². The van der Waals surface area contributed by atoms with E-state index in [-0.39, 0.29) is 0 Å². The number of nitrogens with zero attached hydrogens (tertiary/aromatic N) is 1. The maximum Gasteiger partial charge on any atom is 0.392 e. The molecule has 72 valence electrons. The smallest absolute Gasteiger partial charge is 0.270 e. The zero-order chi connectivity index (χ0) is 9.94. The molecule has 1 atom stereocenters. The minimum atomic E-state index is -4.49. The van der Waals surface area contributed by atoms with Gasteiger partial charge in [-0.25, -0.2) is 0 Å². The molecule has 0 bridgehead atoms. The second-order valence-corrected chi connectivity index (χ2v) is 2.33. The van der Waals surface area contributed by atoms with Crippen molar-refractivity contribution in [1.29, 1.82) is 0 Å². The van der Waals surface area contributed by atoms with Crippen molar-refractivity contribution >= 4 is 5.91 Å². The molecule has 0 heterocycles. The van der Waals surface area contributed by atoms with Crippen LogP contribution >= 0.6 is 0 Å². The lowest BCUT2D eigenvalue weighted by Gasteiger charge is -2.15. The predicted molar refractivity (Wildman–Crippen MR) is 30.3 cm³/mol. The third-order valence-corrected chi connectivity index (χ3v) is 1.26. The number of alkyl halides is 3. The highest BCUT2D eigenvalue weighted by Gasteiger charge is 2.37. The van der Waals surface area contributed by atoms with E-state index in [4.69, 9.17) is 10.4 Å². The predicted octanol–water partition coefficient (Wildman–Crippen LogP) is 1.18. The van der Waals surface area contributed by atoms with Gasteiger partial charge in [0.25, 0.3) is 5.91 Å². The molecule has 0 aromatic carbocycles. The van der Waals surface area contributed by atoms with Crippen LogP contribution in [0.4, 0.5) is 13.2 Å². The molecule has 1 amide bonds. The summed E-state index contributed by atoms with van der Waals surface area (Å²) in [5, 5.41) is 15.2. The summed E-state index contributed by atoms with van der Waals surface area (Å²) < 4.78 is 35.2. The summed E-state index contributed by atoms with van der Waals surface area (Å²) in [6, 6.07) is 0. The lowest BCUT2D eigenvalue weighted by molar-refractivity contribution is -0.287. The van der Waals surface area contributed by atoms with E-state index in [0.29, 0.717) is 0 Å². The Morgan fingerprint density at radius 3 is 2.17 bits per heavy atom. The highest BCUT2D eigenvalue weighted by molar-refractivity contribution is 5.73. The first kappa shape index (κ1) is 11.2. The van der Waals surface area contributed by atoms with Crippen LogP contribution in [0.15, 0.2) is 0 Å². The number of hydroxylamine groups is 2. The molecule has 2 N–H and O–H groups in total. The molecule has 0 saturated heterocycles. The molecule has 0 aromatic heterocycles. The van der Waals surface area contributed by atoms with E-state index in [9.17, 15) is 18.0 Å². The van der Waals surface area contributed by atoms with Crippen LogP contribution in [0.1, 0.15) is 13.3 Å². The van der Waals surface area contributed by atoms with Gasteiger partial charge in [0.1, 0.15) is 0 Å². The fourth-order valence-corrected chi connectivity index (χ4v) is 0.459. The SMILES string of the molecule is CC(CC(=O)N(O)O)C(F)(F)F. The third-order valence-electron chi connectivity index (χ3n) is 1.26. The molecule has 0 spiro atoms. The Kier molecular flexibility index (Phi) is 3.47. The first-order chi connectivity index (χ1) is 5.25. The second-order valence-electron chi connectivity index (χ2n) is 2.33. The summed E-state index contributed by atoms with van der Waals surface area (Å²) in [4.78, 5) is 10.3. The fraction of sp³-hybridized carbons (Fsp3) is 0.800. The number of hydrogen-bond acceptors (Lipinski definition) is 3. The maximum absolute atomic E-state index is 11.7. The largest absolute Gasteiger partial charge is 0.392 e. The Balaban J connectivity index is 4.02. The number of carbonyl (C=O) groups is 1. The van der Waals surface area contributed by atoms with Gasteiger partial charge in [-0.15, -0.1) is 0 Å². The van der Waals surface area contributed by atoms with Crippen LogP contribution in [0.2, 0.25) is 0 Å². The van der Waals surface area contributed by atoms with E-state index in [1.165, 1.54) is 0 Å². The quantitative estimate of drug-likeness (QED) is 0.504. The van der Waals surface area contributed by atoms with Crippen molar-refractivity contribution in [3.8, 4) is 0 Å². The van der Waals surface area contributed by atoms with Crippen LogP contribution in [0, 0.1) is 5.92 Å². The first-order valence-corrected chi connectivity index (χ1v) is 3.02. The molecule has 4 nitrogen and oxygen atoms in total. The number of rotatable bonds is 2. The lowest BCUT2D eigenvalue weighted by Crippen LogP contribution is -2.30. The van der Waals surface area contributed by atoms with Gasteiger partial charge in [0.15, 0.2) is 0 Å². The average molecular weight is 187 g/mol. The number of hydrogen-bond donors (Lipinski definition) is 2. The number of carbonyl (C=O) groups excluding carboxylic acids is 1. The molecule has 12 heavy (non-hydrogen) atoms. The van der Waals surface area contributed by atoms with E-state index < -0.39 is 29.6 Å². The summed E-state index contributed by atoms with van der Waals surface area (Å²) in [5.41, 5.74) is 0. The van der Waals surface area contributed by atoms with Gasteiger partial charge in [0, 0.05) is 6.42 Å². The van der Waals surface area contributed by atoms with Gasteiger partial charge in [-0.3, -0.25) is 15.2 Å². The zero-order valence-corrected chi connectivity index (χ0v) is 6.17. The minimum Gasteiger partial charge on any atom is -0.270 e. The summed E-state index contributed by atoms with van der Waals surface area (Å²) >= 11 is 0. The van der Waals surface area contributed by atoms with Crippen molar-refractivity contribution in [2.75, 3.05) is 0 Å². The third kappa shape index (κ3) is 3.54. The molecule has 0 aliphatic heterocycles. The fourth-order valence-electron chi connectivity index (χ4n) is 0.459. The summed E-state index contributed by atoms with van der Waals surface area (Å²) in [6.07, 6.45) is -5.47. The Hall–Kier alpha value is -0.820. The molecule has 0 aromatic rings. The van der Waals surface area contributed by atoms with Gasteiger partial charge < -0.3 is 0 Å². The molecule has 1 unspecified atom stereocenters. The van der Waals surface area contributed by atoms with Crippen molar-refractivity contribution in [1.82, 2.24) is 5.23 Å². The average Bonchev–Trinajstić information content (AvgIpc) is 1.85. The Morgan fingerprint density at radius 1 is 1.50 bits per heavy atom. The Morgan fingerprint density at radius 2 is 1.92 bits per heavy atom. The van der Waals surface area contributed by atoms with E-state index in [2.05, 4.69) is 0 Å². The normalized spacial score (nSPS) is 14.2. The Bertz CT molecular complexity index is 168. The van der Waals surface area contributed by atoms with E-state index in [1.54, 1.807) is 0 Å². The minimum absolute atomic E-state index is 0.779. The van der Waals surface area contributed by atoms with Crippen LogP contribution in [0.25, 0.3) is 0 Å². The van der Waals surface area contributed by atoms with Gasteiger partial charge in [0.2, 0.25) is 0 Å². The summed E-state index contributed by atoms with van der Waals surface area (Å²) in [6.45, 7) is 0.779. The van der Waals surface area contributed by atoms with Crippen molar-refractivity contribution in [3.63, 3.8) is 0 Å². The Labute approximate surface area is 66.1 Å². The van der Waals surface area contributed by atoms with Crippen LogP contribution in [-0.4, -0.2) is 27.7 Å². The van der Waals surface area contributed by atoms with Crippen molar-refractivity contribution in [3.05, 3.63) is 0 Å². The van der Waals surface area contributed by atoms with Gasteiger partial charge in [-0.2, -0.15) is 13.2 Å². The number of amides is 1. The molecule has 0 aliphatic carbocycles. The van der Waals surface area contributed by atoms with Crippen molar-refractivity contribution < 1.29 is 28.4 Å². The van der Waals surface area contributed by atoms with E-state index >= 15 is 0 Å². The maximum atomic E-state index is 11.7. The standard InChI is InChI=1S/C5H8F3NO3/c1-3(5(6,7)8)2-4(10)9(11)12/h3,11-12H,2H2,1H3. The molecule has 0 fully saturated rings. The van der Waals surface area contributed by atoms with Crippen LogP contribution < -0.4 is 0 Å². The van der Waals surface area contributed by atoms with Gasteiger partial charge >= 0.3 is 6.18 Å². The molecule has 0 radical (unpaired) electrons. The monoisotopic (exact) mass is 187 g/mol. The van der Waals surface area contributed by atoms with Gasteiger partial charge in [-0.05, 0) is 0 Å². The summed E-state index contributed by atoms with van der Waals surface area (Å²) in [5.74, 6) is -3.27. The molecular formula is C5H8F3NO3. The molecule has 0 rings (SSSR count). The summed E-state index contributed by atoms with van der Waals surface area (Å²) in [7, 11) is 0. The lowest BCUT2D eigenvalue weighted by atomic mass is 10.1. The first-order valence-electron chi connectivity index (χ1n) is 3.02. The highest BCUT2D eigenvalue weighted by atomic mass is 19.4. The van der Waals surface area contributed by atoms with Gasteiger partial charge in [-0.1, -0.05) is 12.2 Å². The van der Waals surface area contributed by atoms with E-state index in [1.807, 2.05) is 0 Å². The molecule has 7 heteroatoms. The zero-order valence-electron chi connectivity index (χ0n) is 6.17. The van der Waals surface area contributed by atoms with E-state index in [0.717, 1.165) is 6.92 Å². The second kappa shape index (κ2) is 3.72. The van der Waals surface area contributed by atoms with Crippen LogP contribution in [0.5, 0.6) is 0 Å². The van der Waals surface area contributed by atoms with Crippen LogP contribution in [-0.2, 0) is 4.79 Å². The molecule has 0 aliphatic rings.